The van der Waals surface area contributed by atoms with Crippen molar-refractivity contribution in [1.29, 1.82) is 0 Å². The van der Waals surface area contributed by atoms with Gasteiger partial charge in [-0.1, -0.05) is 0 Å². The average Bonchev–Trinajstić information content (AvgIpc) is 2.62. The molecule has 1 aliphatic heterocycles. The molecule has 1 aliphatic rings. The van der Waals surface area contributed by atoms with Crippen LogP contribution in [-0.2, 0) is 20.9 Å². The van der Waals surface area contributed by atoms with Crippen molar-refractivity contribution >= 4 is 21.4 Å². The first-order chi connectivity index (χ1) is 12.3. The van der Waals surface area contributed by atoms with E-state index in [1.807, 2.05) is 0 Å². The highest BCUT2D eigenvalue weighted by Gasteiger charge is 2.30. The molecular weight excluding hydrogens is 369 g/mol. The first kappa shape index (κ1) is 18.5. The van der Waals surface area contributed by atoms with Crippen molar-refractivity contribution in [3.05, 3.63) is 54.1 Å². The number of hydrogen-bond acceptors (Lipinski definition) is 4. The number of nitrogens with one attached hydrogen (secondary N) is 1. The van der Waals surface area contributed by atoms with Gasteiger partial charge in [-0.2, -0.15) is 13.2 Å². The first-order valence-corrected chi connectivity index (χ1v) is 9.28. The Labute approximate surface area is 149 Å². The highest BCUT2D eigenvalue weighted by Crippen LogP contribution is 2.30. The summed E-state index contributed by atoms with van der Waals surface area (Å²) in [7, 11) is -4.02. The molecule has 26 heavy (non-hydrogen) atoms. The van der Waals surface area contributed by atoms with Crippen LogP contribution in [0.25, 0.3) is 0 Å². The Balaban J connectivity index is 1.72. The summed E-state index contributed by atoms with van der Waals surface area (Å²) < 4.78 is 69.9. The van der Waals surface area contributed by atoms with Gasteiger partial charge < -0.3 is 9.64 Å². The predicted octanol–water partition coefficient (Wildman–Crippen LogP) is 3.14. The highest BCUT2D eigenvalue weighted by atomic mass is 32.2. The summed E-state index contributed by atoms with van der Waals surface area (Å²) >= 11 is 0. The van der Waals surface area contributed by atoms with E-state index in [4.69, 9.17) is 4.74 Å². The number of halogens is 3. The van der Waals surface area contributed by atoms with Crippen LogP contribution in [0.15, 0.2) is 47.4 Å². The van der Waals surface area contributed by atoms with E-state index in [-0.39, 0.29) is 4.90 Å². The molecule has 0 bridgehead atoms. The zero-order valence-electron chi connectivity index (χ0n) is 13.6. The second kappa shape index (κ2) is 7.16. The number of rotatable bonds is 4. The van der Waals surface area contributed by atoms with Crippen LogP contribution in [0.1, 0.15) is 5.56 Å². The summed E-state index contributed by atoms with van der Waals surface area (Å²) in [5, 5.41) is 0. The fraction of sp³-hybridized carbons (Fsp3) is 0.294. The fourth-order valence-electron chi connectivity index (χ4n) is 2.53. The van der Waals surface area contributed by atoms with E-state index in [1.54, 1.807) is 24.3 Å². The predicted molar refractivity (Wildman–Crippen MR) is 90.6 cm³/mol. The minimum Gasteiger partial charge on any atom is -0.378 e. The van der Waals surface area contributed by atoms with Crippen LogP contribution in [0, 0.1) is 6.07 Å². The Bertz CT molecular complexity index is 844. The second-order valence-electron chi connectivity index (χ2n) is 5.69. The molecule has 1 radical (unpaired) electrons. The number of hydrogen-bond donors (Lipinski definition) is 1. The van der Waals surface area contributed by atoms with Crippen LogP contribution in [0.3, 0.4) is 0 Å². The summed E-state index contributed by atoms with van der Waals surface area (Å²) in [6.45, 7) is 2.79. The van der Waals surface area contributed by atoms with E-state index >= 15 is 0 Å². The third kappa shape index (κ3) is 4.28. The topological polar surface area (TPSA) is 58.6 Å². The van der Waals surface area contributed by atoms with E-state index in [1.165, 1.54) is 0 Å². The highest BCUT2D eigenvalue weighted by molar-refractivity contribution is 7.92. The molecule has 0 aliphatic carbocycles. The molecular formula is C17H16F3N2O3S. The second-order valence-corrected chi connectivity index (χ2v) is 7.34. The van der Waals surface area contributed by atoms with Gasteiger partial charge in [0, 0.05) is 30.5 Å². The van der Waals surface area contributed by atoms with Gasteiger partial charge in [0.1, 0.15) is 0 Å². The molecule has 3 rings (SSSR count). The number of anilines is 2. The molecule has 0 saturated carbocycles. The van der Waals surface area contributed by atoms with Crippen molar-refractivity contribution in [2.45, 2.75) is 11.1 Å². The van der Waals surface area contributed by atoms with Crippen molar-refractivity contribution in [2.24, 2.45) is 0 Å². The zero-order chi connectivity index (χ0) is 18.8. The van der Waals surface area contributed by atoms with E-state index in [2.05, 4.69) is 15.7 Å². The Hall–Kier alpha value is -2.26. The van der Waals surface area contributed by atoms with Crippen molar-refractivity contribution < 1.29 is 26.3 Å². The number of nitrogens with zero attached hydrogens (tertiary/aromatic N) is 1. The lowest BCUT2D eigenvalue weighted by atomic mass is 10.2. The van der Waals surface area contributed by atoms with Crippen LogP contribution in [0.5, 0.6) is 0 Å². The maximum absolute atomic E-state index is 12.6. The van der Waals surface area contributed by atoms with Gasteiger partial charge in [-0.25, -0.2) is 8.42 Å². The first-order valence-electron chi connectivity index (χ1n) is 7.80. The van der Waals surface area contributed by atoms with Crippen LogP contribution < -0.4 is 9.62 Å². The van der Waals surface area contributed by atoms with Gasteiger partial charge in [0.2, 0.25) is 0 Å². The zero-order valence-corrected chi connectivity index (χ0v) is 14.4. The van der Waals surface area contributed by atoms with Gasteiger partial charge >= 0.3 is 6.18 Å². The summed E-state index contributed by atoms with van der Waals surface area (Å²) in [6, 6.07) is 11.2. The molecule has 0 amide bonds. The Morgan fingerprint density at radius 1 is 1.04 bits per heavy atom. The molecule has 2 aromatic carbocycles. The molecule has 5 nitrogen and oxygen atoms in total. The number of benzene rings is 2. The number of morpholine rings is 1. The quantitative estimate of drug-likeness (QED) is 0.879. The van der Waals surface area contributed by atoms with E-state index in [0.29, 0.717) is 31.0 Å². The molecule has 139 valence electrons. The molecule has 0 atom stereocenters. The van der Waals surface area contributed by atoms with E-state index in [0.717, 1.165) is 24.8 Å². The van der Waals surface area contributed by atoms with Gasteiger partial charge in [0.25, 0.3) is 10.0 Å². The molecule has 0 unspecified atom stereocenters. The van der Waals surface area contributed by atoms with Crippen molar-refractivity contribution in [2.75, 3.05) is 35.9 Å². The normalized spacial score (nSPS) is 15.7. The van der Waals surface area contributed by atoms with Gasteiger partial charge in [0.05, 0.1) is 23.7 Å². The smallest absolute Gasteiger partial charge is 0.378 e. The Kier molecular flexibility index (Phi) is 5.10. The van der Waals surface area contributed by atoms with E-state index in [9.17, 15) is 21.6 Å². The minimum atomic E-state index is -4.54. The molecule has 1 N–H and O–H groups in total. The van der Waals surface area contributed by atoms with Crippen LogP contribution in [0.2, 0.25) is 0 Å². The molecule has 9 heteroatoms. The van der Waals surface area contributed by atoms with Gasteiger partial charge in [-0.05, 0) is 42.5 Å². The lowest BCUT2D eigenvalue weighted by Gasteiger charge is -2.28. The number of ether oxygens (including phenoxy) is 1. The minimum absolute atomic E-state index is 0.315. The lowest BCUT2D eigenvalue weighted by Crippen LogP contribution is -2.36. The van der Waals surface area contributed by atoms with Gasteiger partial charge in [-0.15, -0.1) is 0 Å². The summed E-state index contributed by atoms with van der Waals surface area (Å²) in [5.41, 5.74) is 0.305. The molecule has 1 fully saturated rings. The summed E-state index contributed by atoms with van der Waals surface area (Å²) in [5.74, 6) is 0. The Morgan fingerprint density at radius 2 is 1.69 bits per heavy atom. The van der Waals surface area contributed by atoms with Crippen molar-refractivity contribution in [3.63, 3.8) is 0 Å². The van der Waals surface area contributed by atoms with E-state index < -0.39 is 21.8 Å². The van der Waals surface area contributed by atoms with Crippen molar-refractivity contribution in [3.8, 4) is 0 Å². The van der Waals surface area contributed by atoms with Gasteiger partial charge in [0.15, 0.2) is 0 Å². The standard InChI is InChI=1S/C17H16F3N2O3S/c18-17(19,20)13-1-7-16(8-2-13)26(23,24)21-14-3-5-15(6-4-14)22-9-11-25-12-10-22/h1-7,21H,9-12H2. The van der Waals surface area contributed by atoms with Crippen molar-refractivity contribution in [1.82, 2.24) is 0 Å². The third-order valence-corrected chi connectivity index (χ3v) is 5.23. The summed E-state index contributed by atoms with van der Waals surface area (Å²) in [4.78, 5) is 1.76. The maximum Gasteiger partial charge on any atom is 0.416 e. The molecule has 2 aromatic rings. The monoisotopic (exact) mass is 385 g/mol. The maximum atomic E-state index is 12.6. The van der Waals surface area contributed by atoms with Crippen LogP contribution in [-0.4, -0.2) is 34.7 Å². The lowest BCUT2D eigenvalue weighted by molar-refractivity contribution is -0.137. The fourth-order valence-corrected chi connectivity index (χ4v) is 3.54. The largest absolute Gasteiger partial charge is 0.416 e. The molecule has 1 heterocycles. The Morgan fingerprint density at radius 3 is 2.23 bits per heavy atom. The molecule has 0 aromatic heterocycles. The average molecular weight is 385 g/mol. The van der Waals surface area contributed by atoms with Crippen LogP contribution >= 0.6 is 0 Å². The number of alkyl halides is 3. The number of sulfonamides is 1. The molecule has 0 spiro atoms. The SMILES string of the molecule is O=S(=O)(Nc1ccc(N2CCOCC2)cc1)c1[c]cc(C(F)(F)F)cc1. The third-order valence-electron chi connectivity index (χ3n) is 3.90. The van der Waals surface area contributed by atoms with Crippen LogP contribution in [0.4, 0.5) is 24.5 Å². The van der Waals surface area contributed by atoms with Gasteiger partial charge in [-0.3, -0.25) is 4.72 Å². The summed E-state index contributed by atoms with van der Waals surface area (Å²) in [6.07, 6.45) is -4.54. The molecule has 1 saturated heterocycles.